The zero-order valence-electron chi connectivity index (χ0n) is 14.7. The highest BCUT2D eigenvalue weighted by molar-refractivity contribution is 7.17. The van der Waals surface area contributed by atoms with E-state index >= 15 is 0 Å². The molecule has 0 spiro atoms. The van der Waals surface area contributed by atoms with Crippen molar-refractivity contribution in [3.63, 3.8) is 0 Å². The van der Waals surface area contributed by atoms with E-state index in [1.807, 2.05) is 0 Å². The van der Waals surface area contributed by atoms with Gasteiger partial charge in [-0.2, -0.15) is 0 Å². The van der Waals surface area contributed by atoms with Gasteiger partial charge in [0.2, 0.25) is 5.91 Å². The quantitative estimate of drug-likeness (QED) is 0.648. The van der Waals surface area contributed by atoms with Crippen molar-refractivity contribution in [1.82, 2.24) is 10.9 Å². The predicted molar refractivity (Wildman–Crippen MR) is 103 cm³/mol. The fourth-order valence-electron chi connectivity index (χ4n) is 3.06. The predicted octanol–water partition coefficient (Wildman–Crippen LogP) is 4.19. The summed E-state index contributed by atoms with van der Waals surface area (Å²) in [6.07, 6.45) is 1.29. The lowest BCUT2D eigenvalue weighted by Gasteiger charge is -2.16. The Morgan fingerprint density at radius 3 is 2.04 bits per heavy atom. The number of rotatable bonds is 4. The maximum Gasteiger partial charge on any atom is 0.279 e. The van der Waals surface area contributed by atoms with Crippen LogP contribution in [0.5, 0.6) is 0 Å². The van der Waals surface area contributed by atoms with E-state index in [9.17, 15) is 18.4 Å². The number of hydrogen-bond acceptors (Lipinski definition) is 3. The van der Waals surface area contributed by atoms with Crippen LogP contribution in [0, 0.1) is 11.6 Å². The fourth-order valence-corrected chi connectivity index (χ4v) is 3.97. The zero-order chi connectivity index (χ0) is 19.7. The van der Waals surface area contributed by atoms with Crippen molar-refractivity contribution in [2.24, 2.45) is 0 Å². The van der Waals surface area contributed by atoms with Gasteiger partial charge < -0.3 is 0 Å². The molecule has 0 atom stereocenters. The summed E-state index contributed by atoms with van der Waals surface area (Å²) in [5.74, 6) is -1.43. The van der Waals surface area contributed by atoms with E-state index in [2.05, 4.69) is 10.9 Å². The number of nitrogens with one attached hydrogen (secondary N) is 2. The molecule has 1 aliphatic rings. The van der Waals surface area contributed by atoms with Gasteiger partial charge >= 0.3 is 0 Å². The number of hydrazine groups is 1. The molecule has 1 saturated carbocycles. The summed E-state index contributed by atoms with van der Waals surface area (Å²) in [4.78, 5) is 26.1. The van der Waals surface area contributed by atoms with Gasteiger partial charge in [0.1, 0.15) is 11.6 Å². The van der Waals surface area contributed by atoms with Gasteiger partial charge in [0.25, 0.3) is 5.91 Å². The van der Waals surface area contributed by atoms with Crippen LogP contribution >= 0.6 is 11.3 Å². The Labute approximate surface area is 164 Å². The van der Waals surface area contributed by atoms with Crippen LogP contribution in [-0.4, -0.2) is 11.8 Å². The van der Waals surface area contributed by atoms with E-state index in [1.165, 1.54) is 35.6 Å². The minimum absolute atomic E-state index is 0.317. The molecular formula is C21H16F2N2O2S. The molecule has 1 aliphatic carbocycles. The van der Waals surface area contributed by atoms with Crippen LogP contribution in [0.2, 0.25) is 0 Å². The van der Waals surface area contributed by atoms with Crippen molar-refractivity contribution >= 4 is 23.2 Å². The molecule has 4 nitrogen and oxygen atoms in total. The van der Waals surface area contributed by atoms with Gasteiger partial charge in [-0.1, -0.05) is 24.3 Å². The first kappa shape index (κ1) is 18.3. The average Bonchev–Trinajstić information content (AvgIpc) is 3.36. The van der Waals surface area contributed by atoms with Crippen molar-refractivity contribution in [3.8, 4) is 10.4 Å². The first-order valence-corrected chi connectivity index (χ1v) is 9.52. The van der Waals surface area contributed by atoms with Crippen molar-refractivity contribution in [1.29, 1.82) is 0 Å². The molecule has 142 valence electrons. The van der Waals surface area contributed by atoms with Crippen molar-refractivity contribution in [2.45, 2.75) is 18.3 Å². The number of benzene rings is 2. The standard InChI is InChI=1S/C21H16F2N2O2S/c22-15-5-1-13(2-6-15)17-9-10-18(28-17)19(26)24-25-20(27)21(11-12-21)14-3-7-16(23)8-4-14/h1-10H,11-12H2,(H,24,26)(H,25,27). The Morgan fingerprint density at radius 2 is 1.43 bits per heavy atom. The summed E-state index contributed by atoms with van der Waals surface area (Å²) < 4.78 is 26.1. The molecule has 28 heavy (non-hydrogen) atoms. The average molecular weight is 398 g/mol. The molecule has 4 rings (SSSR count). The highest BCUT2D eigenvalue weighted by Gasteiger charge is 2.51. The number of carbonyl (C=O) groups excluding carboxylic acids is 2. The van der Waals surface area contributed by atoms with Gasteiger partial charge in [-0.05, 0) is 60.4 Å². The summed E-state index contributed by atoms with van der Waals surface area (Å²) >= 11 is 1.25. The Morgan fingerprint density at radius 1 is 0.821 bits per heavy atom. The van der Waals surface area contributed by atoms with E-state index in [-0.39, 0.29) is 17.5 Å². The van der Waals surface area contributed by atoms with Crippen molar-refractivity contribution in [3.05, 3.63) is 82.7 Å². The minimum atomic E-state index is -0.713. The molecule has 0 bridgehead atoms. The van der Waals surface area contributed by atoms with Crippen LogP contribution in [0.4, 0.5) is 8.78 Å². The Balaban J connectivity index is 1.40. The molecule has 0 radical (unpaired) electrons. The SMILES string of the molecule is O=C(NNC(=O)C1(c2ccc(F)cc2)CC1)c1ccc(-c2ccc(F)cc2)s1. The van der Waals surface area contributed by atoms with Gasteiger partial charge in [-0.15, -0.1) is 11.3 Å². The largest absolute Gasteiger partial charge is 0.279 e. The van der Waals surface area contributed by atoms with Crippen LogP contribution in [0.25, 0.3) is 10.4 Å². The molecule has 0 aliphatic heterocycles. The van der Waals surface area contributed by atoms with E-state index in [1.54, 1.807) is 36.4 Å². The molecule has 7 heteroatoms. The van der Waals surface area contributed by atoms with Crippen LogP contribution in [-0.2, 0) is 10.2 Å². The van der Waals surface area contributed by atoms with E-state index in [0.717, 1.165) is 16.0 Å². The molecule has 2 aromatic carbocycles. The molecule has 2 amide bonds. The topological polar surface area (TPSA) is 58.2 Å². The molecule has 1 fully saturated rings. The third-order valence-corrected chi connectivity index (χ3v) is 5.96. The summed E-state index contributed by atoms with van der Waals surface area (Å²) in [6, 6.07) is 15.3. The molecule has 0 saturated heterocycles. The first-order chi connectivity index (χ1) is 13.5. The Hall–Kier alpha value is -3.06. The molecule has 1 heterocycles. The third-order valence-electron chi connectivity index (χ3n) is 4.83. The van der Waals surface area contributed by atoms with Gasteiger partial charge in [-0.25, -0.2) is 8.78 Å². The summed E-state index contributed by atoms with van der Waals surface area (Å²) in [7, 11) is 0. The number of hydrogen-bond donors (Lipinski definition) is 2. The second kappa shape index (κ2) is 7.16. The third kappa shape index (κ3) is 3.53. The van der Waals surface area contributed by atoms with Crippen LogP contribution in [0.1, 0.15) is 28.1 Å². The highest BCUT2D eigenvalue weighted by atomic mass is 32.1. The highest BCUT2D eigenvalue weighted by Crippen LogP contribution is 2.48. The summed E-state index contributed by atoms with van der Waals surface area (Å²) in [6.45, 7) is 0. The normalized spacial score (nSPS) is 14.4. The molecule has 0 unspecified atom stereocenters. The Bertz CT molecular complexity index is 1030. The first-order valence-electron chi connectivity index (χ1n) is 8.70. The van der Waals surface area contributed by atoms with Crippen molar-refractivity contribution < 1.29 is 18.4 Å². The lowest BCUT2D eigenvalue weighted by molar-refractivity contribution is -0.124. The van der Waals surface area contributed by atoms with Crippen LogP contribution in [0.15, 0.2) is 60.7 Å². The summed E-state index contributed by atoms with van der Waals surface area (Å²) in [5, 5.41) is 0. The van der Waals surface area contributed by atoms with Crippen LogP contribution in [0.3, 0.4) is 0 Å². The second-order valence-electron chi connectivity index (χ2n) is 6.67. The van der Waals surface area contributed by atoms with Crippen molar-refractivity contribution in [2.75, 3.05) is 0 Å². The van der Waals surface area contributed by atoms with E-state index in [4.69, 9.17) is 0 Å². The number of carbonyl (C=O) groups is 2. The molecule has 3 aromatic rings. The molecular weight excluding hydrogens is 382 g/mol. The van der Waals surface area contributed by atoms with Crippen LogP contribution < -0.4 is 10.9 Å². The maximum absolute atomic E-state index is 13.1. The maximum atomic E-state index is 13.1. The fraction of sp³-hybridized carbons (Fsp3) is 0.143. The van der Waals surface area contributed by atoms with Gasteiger partial charge in [0, 0.05) is 4.88 Å². The van der Waals surface area contributed by atoms with E-state index in [0.29, 0.717) is 17.7 Å². The monoisotopic (exact) mass is 398 g/mol. The number of thiophene rings is 1. The lowest BCUT2D eigenvalue weighted by Crippen LogP contribution is -2.46. The number of amides is 2. The van der Waals surface area contributed by atoms with E-state index < -0.39 is 11.3 Å². The molecule has 1 aromatic heterocycles. The lowest BCUT2D eigenvalue weighted by atomic mass is 9.95. The number of halogens is 2. The van der Waals surface area contributed by atoms with Gasteiger partial charge in [0.05, 0.1) is 10.3 Å². The Kier molecular flexibility index (Phi) is 4.68. The van der Waals surface area contributed by atoms with Gasteiger partial charge in [0.15, 0.2) is 0 Å². The smallest absolute Gasteiger partial charge is 0.272 e. The minimum Gasteiger partial charge on any atom is -0.272 e. The zero-order valence-corrected chi connectivity index (χ0v) is 15.5. The molecule has 2 N–H and O–H groups in total. The van der Waals surface area contributed by atoms with Gasteiger partial charge in [-0.3, -0.25) is 20.4 Å². The second-order valence-corrected chi connectivity index (χ2v) is 7.75. The summed E-state index contributed by atoms with van der Waals surface area (Å²) in [5.41, 5.74) is 5.74.